The van der Waals surface area contributed by atoms with Gasteiger partial charge < -0.3 is 9.64 Å². The average molecular weight is 479 g/mol. The van der Waals surface area contributed by atoms with Crippen molar-refractivity contribution in [2.75, 3.05) is 36.5 Å². The first-order chi connectivity index (χ1) is 15.7. The summed E-state index contributed by atoms with van der Waals surface area (Å²) in [7, 11) is -1.93. The predicted molar refractivity (Wildman–Crippen MR) is 122 cm³/mol. The van der Waals surface area contributed by atoms with Crippen molar-refractivity contribution < 1.29 is 26.7 Å². The van der Waals surface area contributed by atoms with Crippen molar-refractivity contribution in [3.05, 3.63) is 66.5 Å². The molecule has 1 fully saturated rings. The number of urea groups is 1. The van der Waals surface area contributed by atoms with Crippen molar-refractivity contribution >= 4 is 33.2 Å². The van der Waals surface area contributed by atoms with Crippen LogP contribution in [0.15, 0.2) is 60.2 Å². The fraction of sp³-hybridized carbons (Fsp3) is 0.318. The van der Waals surface area contributed by atoms with Gasteiger partial charge in [0.25, 0.3) is 5.90 Å². The lowest BCUT2D eigenvalue weighted by atomic mass is 10.2. The van der Waals surface area contributed by atoms with Gasteiger partial charge >= 0.3 is 12.5 Å². The Kier molecular flexibility index (Phi) is 7.75. The lowest BCUT2D eigenvalue weighted by Crippen LogP contribution is -2.49. The van der Waals surface area contributed by atoms with Crippen LogP contribution in [-0.2, 0) is 21.1 Å². The molecule has 2 aromatic rings. The number of benzene rings is 1. The Labute approximate surface area is 191 Å². The zero-order valence-electron chi connectivity index (χ0n) is 18.0. The normalized spacial score (nSPS) is 15.9. The van der Waals surface area contributed by atoms with E-state index in [0.29, 0.717) is 16.9 Å². The zero-order chi connectivity index (χ0) is 24.0. The SMILES string of the molecule is C=C(OC(=NC)C(F)F)c1ccc(CN(C(=O)N2CCS(=O)(=O)CC2)c2ccccc2)nc1. The van der Waals surface area contributed by atoms with Crippen molar-refractivity contribution in [1.82, 2.24) is 9.88 Å². The topological polar surface area (TPSA) is 92.2 Å². The summed E-state index contributed by atoms with van der Waals surface area (Å²) in [4.78, 5) is 24.0. The Morgan fingerprint density at radius 2 is 1.88 bits per heavy atom. The highest BCUT2D eigenvalue weighted by Gasteiger charge is 2.29. The molecule has 0 bridgehead atoms. The van der Waals surface area contributed by atoms with Gasteiger partial charge in [-0.05, 0) is 24.3 Å². The van der Waals surface area contributed by atoms with E-state index in [1.54, 1.807) is 36.4 Å². The number of halogens is 2. The molecule has 0 radical (unpaired) electrons. The smallest absolute Gasteiger partial charge is 0.324 e. The van der Waals surface area contributed by atoms with Crippen LogP contribution in [0.1, 0.15) is 11.3 Å². The molecule has 0 N–H and O–H groups in total. The number of aromatic nitrogens is 1. The first-order valence-electron chi connectivity index (χ1n) is 10.1. The highest BCUT2D eigenvalue weighted by Crippen LogP contribution is 2.21. The number of ether oxygens (including phenoxy) is 1. The molecule has 2 amide bonds. The molecule has 1 aliphatic heterocycles. The maximum absolute atomic E-state index is 13.2. The Bertz CT molecular complexity index is 1110. The molecule has 3 rings (SSSR count). The number of hydrogen-bond donors (Lipinski definition) is 0. The van der Waals surface area contributed by atoms with E-state index in [-0.39, 0.29) is 42.9 Å². The summed E-state index contributed by atoms with van der Waals surface area (Å²) in [5, 5.41) is 0. The molecule has 0 saturated carbocycles. The fourth-order valence-corrected chi connectivity index (χ4v) is 4.37. The number of aliphatic imine (C=N–C) groups is 1. The van der Waals surface area contributed by atoms with Crippen molar-refractivity contribution in [3.63, 3.8) is 0 Å². The summed E-state index contributed by atoms with van der Waals surface area (Å²) < 4.78 is 54.1. The first kappa shape index (κ1) is 24.3. The predicted octanol–water partition coefficient (Wildman–Crippen LogP) is 3.22. The highest BCUT2D eigenvalue weighted by atomic mass is 32.2. The molecule has 0 unspecified atom stereocenters. The van der Waals surface area contributed by atoms with Crippen LogP contribution in [0.3, 0.4) is 0 Å². The average Bonchev–Trinajstić information content (AvgIpc) is 2.81. The van der Waals surface area contributed by atoms with Crippen LogP contribution in [0.5, 0.6) is 0 Å². The summed E-state index contributed by atoms with van der Waals surface area (Å²) >= 11 is 0. The number of sulfone groups is 1. The van der Waals surface area contributed by atoms with Crippen LogP contribution in [0.25, 0.3) is 5.76 Å². The molecular weight excluding hydrogens is 454 g/mol. The molecule has 11 heteroatoms. The van der Waals surface area contributed by atoms with E-state index in [9.17, 15) is 22.0 Å². The van der Waals surface area contributed by atoms with Gasteiger partial charge in [0.15, 0.2) is 9.84 Å². The number of hydrogen-bond acceptors (Lipinski definition) is 6. The molecule has 0 spiro atoms. The molecule has 2 heterocycles. The van der Waals surface area contributed by atoms with Crippen LogP contribution < -0.4 is 4.90 Å². The standard InChI is InChI=1S/C22H24F2N4O4S/c1-16(32-21(25-2)20(23)24)17-8-9-18(26-14-17)15-28(19-6-4-3-5-7-19)22(29)27-10-12-33(30,31)13-11-27/h3-9,14,20H,1,10-13,15H2,2H3. The summed E-state index contributed by atoms with van der Waals surface area (Å²) in [5.74, 6) is -0.912. The number of rotatable bonds is 6. The van der Waals surface area contributed by atoms with Crippen molar-refractivity contribution in [2.45, 2.75) is 13.0 Å². The molecule has 8 nitrogen and oxygen atoms in total. The maximum atomic E-state index is 13.2. The maximum Gasteiger partial charge on any atom is 0.324 e. The minimum absolute atomic E-state index is 0.0273. The number of carbonyl (C=O) groups excluding carboxylic acids is 1. The largest absolute Gasteiger partial charge is 0.438 e. The van der Waals surface area contributed by atoms with Gasteiger partial charge in [0.05, 0.1) is 23.7 Å². The van der Waals surface area contributed by atoms with E-state index >= 15 is 0 Å². The Hall–Kier alpha value is -3.34. The van der Waals surface area contributed by atoms with Crippen molar-refractivity contribution in [1.29, 1.82) is 0 Å². The lowest BCUT2D eigenvalue weighted by molar-refractivity contribution is 0.196. The zero-order valence-corrected chi connectivity index (χ0v) is 18.8. The minimum atomic E-state index is -3.13. The second kappa shape index (κ2) is 10.5. The number of anilines is 1. The second-order valence-corrected chi connectivity index (χ2v) is 9.57. The number of para-hydroxylation sites is 1. The summed E-state index contributed by atoms with van der Waals surface area (Å²) in [5.41, 5.74) is 1.56. The number of alkyl halides is 2. The van der Waals surface area contributed by atoms with Gasteiger partial charge in [0.2, 0.25) is 0 Å². The van der Waals surface area contributed by atoms with E-state index in [2.05, 4.69) is 16.6 Å². The highest BCUT2D eigenvalue weighted by molar-refractivity contribution is 7.91. The van der Waals surface area contributed by atoms with E-state index in [1.807, 2.05) is 6.07 Å². The molecule has 1 aromatic heterocycles. The van der Waals surface area contributed by atoms with Crippen LogP contribution in [0, 0.1) is 0 Å². The molecule has 1 saturated heterocycles. The third-order valence-corrected chi connectivity index (χ3v) is 6.62. The van der Waals surface area contributed by atoms with Gasteiger partial charge in [-0.3, -0.25) is 14.9 Å². The van der Waals surface area contributed by atoms with E-state index in [1.165, 1.54) is 23.0 Å². The van der Waals surface area contributed by atoms with E-state index < -0.39 is 22.2 Å². The second-order valence-electron chi connectivity index (χ2n) is 7.27. The lowest BCUT2D eigenvalue weighted by Gasteiger charge is -2.32. The number of nitrogens with zero attached hydrogens (tertiary/aromatic N) is 4. The number of pyridine rings is 1. The Morgan fingerprint density at radius 3 is 2.42 bits per heavy atom. The van der Waals surface area contributed by atoms with E-state index in [4.69, 9.17) is 4.74 Å². The molecule has 1 aromatic carbocycles. The van der Waals surface area contributed by atoms with Crippen LogP contribution in [-0.4, -0.2) is 68.3 Å². The van der Waals surface area contributed by atoms with Gasteiger partial charge in [-0.25, -0.2) is 13.2 Å². The minimum Gasteiger partial charge on any atom is -0.438 e. The van der Waals surface area contributed by atoms with Gasteiger partial charge in [-0.2, -0.15) is 8.78 Å². The summed E-state index contributed by atoms with van der Waals surface area (Å²) in [6.45, 7) is 4.01. The van der Waals surface area contributed by atoms with Crippen molar-refractivity contribution in [3.8, 4) is 0 Å². The van der Waals surface area contributed by atoms with Crippen LogP contribution in [0.2, 0.25) is 0 Å². The summed E-state index contributed by atoms with van der Waals surface area (Å²) in [6, 6.07) is 11.9. The first-order valence-corrected chi connectivity index (χ1v) is 11.9. The van der Waals surface area contributed by atoms with Gasteiger partial charge in [-0.15, -0.1) is 0 Å². The van der Waals surface area contributed by atoms with Gasteiger partial charge in [-0.1, -0.05) is 24.8 Å². The molecule has 1 aliphatic rings. The molecular formula is C22H24F2N4O4S. The monoisotopic (exact) mass is 478 g/mol. The third kappa shape index (κ3) is 6.35. The third-order valence-electron chi connectivity index (χ3n) is 5.02. The van der Waals surface area contributed by atoms with Gasteiger partial charge in [0.1, 0.15) is 5.76 Å². The Balaban J connectivity index is 1.76. The number of carbonyl (C=O) groups is 1. The molecule has 0 aliphatic carbocycles. The summed E-state index contributed by atoms with van der Waals surface area (Å²) in [6.07, 6.45) is -1.45. The van der Waals surface area contributed by atoms with Crippen LogP contribution in [0.4, 0.5) is 19.3 Å². The van der Waals surface area contributed by atoms with E-state index in [0.717, 1.165) is 0 Å². The fourth-order valence-electron chi connectivity index (χ4n) is 3.17. The van der Waals surface area contributed by atoms with Gasteiger partial charge in [0, 0.05) is 37.6 Å². The Morgan fingerprint density at radius 1 is 1.21 bits per heavy atom. The van der Waals surface area contributed by atoms with Crippen molar-refractivity contribution in [2.24, 2.45) is 4.99 Å². The number of amides is 2. The van der Waals surface area contributed by atoms with Crippen LogP contribution >= 0.6 is 0 Å². The molecule has 33 heavy (non-hydrogen) atoms. The molecule has 0 atom stereocenters. The quantitative estimate of drug-likeness (QED) is 0.361. The molecule has 176 valence electrons.